The highest BCUT2D eigenvalue weighted by Gasteiger charge is 2.23. The molecule has 0 bridgehead atoms. The van der Waals surface area contributed by atoms with Crippen molar-refractivity contribution in [2.75, 3.05) is 0 Å². The minimum absolute atomic E-state index is 0.0600. The van der Waals surface area contributed by atoms with Gasteiger partial charge in [0, 0.05) is 17.7 Å². The maximum Gasteiger partial charge on any atom is 0.288 e. The van der Waals surface area contributed by atoms with Crippen LogP contribution in [0.4, 0.5) is 5.69 Å². The number of thiocarbonyl (C=S) groups is 1. The molecule has 10 heteroatoms. The van der Waals surface area contributed by atoms with Gasteiger partial charge < -0.3 is 9.73 Å². The fraction of sp³-hybridized carbons (Fsp3) is 0. The third kappa shape index (κ3) is 3.32. The van der Waals surface area contributed by atoms with Crippen molar-refractivity contribution in [2.24, 2.45) is 0 Å². The Kier molecular flexibility index (Phi) is 4.64. The Bertz CT molecular complexity index is 923. The van der Waals surface area contributed by atoms with Gasteiger partial charge in [-0.2, -0.15) is 0 Å². The summed E-state index contributed by atoms with van der Waals surface area (Å²) in [6, 6.07) is 5.75. The highest BCUT2D eigenvalue weighted by atomic mass is 35.5. The maximum atomic E-state index is 11.6. The number of nitrogens with one attached hydrogen (secondary N) is 1. The predicted molar refractivity (Wildman–Crippen MR) is 97.1 cm³/mol. The lowest BCUT2D eigenvalue weighted by molar-refractivity contribution is -0.384. The fourth-order valence-electron chi connectivity index (χ4n) is 1.99. The van der Waals surface area contributed by atoms with E-state index < -0.39 is 4.92 Å². The highest BCUT2D eigenvalue weighted by molar-refractivity contribution is 8.26. The van der Waals surface area contributed by atoms with Gasteiger partial charge in [-0.25, -0.2) is 0 Å². The van der Waals surface area contributed by atoms with Crippen LogP contribution in [0.2, 0.25) is 10.0 Å². The van der Waals surface area contributed by atoms with Crippen LogP contribution in [0.3, 0.4) is 0 Å². The normalized spacial score (nSPS) is 15.8. The van der Waals surface area contributed by atoms with Gasteiger partial charge in [0.2, 0.25) is 0 Å². The lowest BCUT2D eigenvalue weighted by atomic mass is 10.1. The minimum atomic E-state index is -0.603. The summed E-state index contributed by atoms with van der Waals surface area (Å²) in [5.74, 6) is 0.404. The number of amides is 1. The minimum Gasteiger partial charge on any atom is -0.457 e. The number of carbonyl (C=O) groups excluding carboxylic acids is 1. The molecule has 1 fully saturated rings. The second-order valence-corrected chi connectivity index (χ2v) is 7.13. The molecule has 0 radical (unpaired) electrons. The first-order valence-corrected chi connectivity index (χ1v) is 8.31. The first-order chi connectivity index (χ1) is 11.3. The summed E-state index contributed by atoms with van der Waals surface area (Å²) in [4.78, 5) is 22.4. The number of nitrogens with zero attached hydrogens (tertiary/aromatic N) is 1. The zero-order chi connectivity index (χ0) is 17.4. The summed E-state index contributed by atoms with van der Waals surface area (Å²) in [6.45, 7) is 0. The molecule has 2 aromatic rings. The number of furan rings is 1. The molecule has 0 spiro atoms. The topological polar surface area (TPSA) is 85.4 Å². The molecule has 1 aliphatic rings. The molecule has 6 nitrogen and oxygen atoms in total. The number of rotatable bonds is 3. The van der Waals surface area contributed by atoms with Gasteiger partial charge in [-0.3, -0.25) is 14.9 Å². The Balaban J connectivity index is 1.98. The number of nitro benzene ring substituents is 1. The van der Waals surface area contributed by atoms with Crippen molar-refractivity contribution >= 4 is 69.2 Å². The van der Waals surface area contributed by atoms with Gasteiger partial charge in [-0.15, -0.1) is 0 Å². The van der Waals surface area contributed by atoms with Crippen molar-refractivity contribution in [3.63, 3.8) is 0 Å². The molecule has 0 aliphatic carbocycles. The quantitative estimate of drug-likeness (QED) is 0.349. The number of halogens is 2. The molecule has 24 heavy (non-hydrogen) atoms. The lowest BCUT2D eigenvalue weighted by Gasteiger charge is -2.02. The van der Waals surface area contributed by atoms with Crippen LogP contribution < -0.4 is 5.32 Å². The van der Waals surface area contributed by atoms with E-state index >= 15 is 0 Å². The van der Waals surface area contributed by atoms with E-state index in [-0.39, 0.29) is 21.6 Å². The second kappa shape index (κ2) is 6.56. The van der Waals surface area contributed by atoms with Gasteiger partial charge in [-0.1, -0.05) is 47.2 Å². The SMILES string of the molecule is O=C1NC(=S)S/C1=C\c1ccc(-c2cc([N+](=O)[O-])c(Cl)cc2Cl)o1. The molecule has 122 valence electrons. The lowest BCUT2D eigenvalue weighted by Crippen LogP contribution is -2.17. The number of benzene rings is 1. The molecule has 0 saturated carbocycles. The summed E-state index contributed by atoms with van der Waals surface area (Å²) < 4.78 is 5.98. The van der Waals surface area contributed by atoms with Crippen LogP contribution in [0.1, 0.15) is 5.76 Å². The Morgan fingerprint density at radius 3 is 2.67 bits per heavy atom. The van der Waals surface area contributed by atoms with Crippen LogP contribution in [0.25, 0.3) is 17.4 Å². The molecule has 1 N–H and O–H groups in total. The summed E-state index contributed by atoms with van der Waals surface area (Å²) in [5.41, 5.74) is 0.0555. The van der Waals surface area contributed by atoms with Gasteiger partial charge in [0.15, 0.2) is 0 Å². The van der Waals surface area contributed by atoms with Gasteiger partial charge in [0.1, 0.15) is 20.9 Å². The largest absolute Gasteiger partial charge is 0.457 e. The van der Waals surface area contributed by atoms with Crippen molar-refractivity contribution in [3.05, 3.63) is 55.1 Å². The standard InChI is InChI=1S/C14H6Cl2N2O4S2/c15-8-5-9(16)10(18(20)21)4-7(8)11-2-1-6(22-11)3-12-13(19)17-14(23)24-12/h1-5H,(H,17,19,23)/b12-3-. The van der Waals surface area contributed by atoms with Gasteiger partial charge in [0.05, 0.1) is 14.9 Å². The fourth-order valence-corrected chi connectivity index (χ4v) is 3.56. The molecular formula is C14H6Cl2N2O4S2. The number of nitro groups is 1. The summed E-state index contributed by atoms with van der Waals surface area (Å²) in [6.07, 6.45) is 1.53. The maximum absolute atomic E-state index is 11.6. The molecule has 3 rings (SSSR count). The molecule has 1 amide bonds. The van der Waals surface area contributed by atoms with Crippen LogP contribution in [0, 0.1) is 10.1 Å². The van der Waals surface area contributed by atoms with E-state index in [1.165, 1.54) is 18.2 Å². The first-order valence-electron chi connectivity index (χ1n) is 6.33. The Hall–Kier alpha value is -1.87. The van der Waals surface area contributed by atoms with E-state index in [1.54, 1.807) is 12.1 Å². The van der Waals surface area contributed by atoms with E-state index in [1.807, 2.05) is 0 Å². The van der Waals surface area contributed by atoms with Crippen LogP contribution in [-0.2, 0) is 4.79 Å². The van der Waals surface area contributed by atoms with E-state index in [2.05, 4.69) is 5.32 Å². The van der Waals surface area contributed by atoms with E-state index in [0.29, 0.717) is 26.3 Å². The highest BCUT2D eigenvalue weighted by Crippen LogP contribution is 2.37. The van der Waals surface area contributed by atoms with E-state index in [4.69, 9.17) is 39.8 Å². The molecule has 1 aliphatic heterocycles. The van der Waals surface area contributed by atoms with Gasteiger partial charge in [0.25, 0.3) is 11.6 Å². The summed E-state index contributed by atoms with van der Waals surface area (Å²) in [5, 5.41) is 13.6. The molecule has 1 aromatic heterocycles. The number of carbonyl (C=O) groups is 1. The molecule has 0 atom stereocenters. The average molecular weight is 401 g/mol. The van der Waals surface area contributed by atoms with Crippen molar-refractivity contribution in [3.8, 4) is 11.3 Å². The summed E-state index contributed by atoms with van der Waals surface area (Å²) in [7, 11) is 0. The van der Waals surface area contributed by atoms with Crippen LogP contribution in [0.5, 0.6) is 0 Å². The average Bonchev–Trinajstić information content (AvgIpc) is 3.06. The van der Waals surface area contributed by atoms with E-state index in [9.17, 15) is 14.9 Å². The molecule has 2 heterocycles. The zero-order valence-electron chi connectivity index (χ0n) is 11.5. The molecule has 1 aromatic carbocycles. The van der Waals surface area contributed by atoms with Crippen LogP contribution >= 0.6 is 47.2 Å². The predicted octanol–water partition coefficient (Wildman–Crippen LogP) is 4.65. The first kappa shape index (κ1) is 17.0. The van der Waals surface area contributed by atoms with Crippen molar-refractivity contribution in [2.45, 2.75) is 0 Å². The molecular weight excluding hydrogens is 395 g/mol. The Morgan fingerprint density at radius 1 is 1.29 bits per heavy atom. The van der Waals surface area contributed by atoms with Crippen LogP contribution in [-0.4, -0.2) is 15.2 Å². The van der Waals surface area contributed by atoms with Gasteiger partial charge in [-0.05, 0) is 18.2 Å². The zero-order valence-corrected chi connectivity index (χ0v) is 14.7. The number of hydrogen-bond donors (Lipinski definition) is 1. The molecule has 1 saturated heterocycles. The van der Waals surface area contributed by atoms with E-state index in [0.717, 1.165) is 11.8 Å². The number of hydrogen-bond acceptors (Lipinski definition) is 6. The molecule has 0 unspecified atom stereocenters. The number of thioether (sulfide) groups is 1. The monoisotopic (exact) mass is 400 g/mol. The summed E-state index contributed by atoms with van der Waals surface area (Å²) >= 11 is 17.9. The van der Waals surface area contributed by atoms with Crippen molar-refractivity contribution in [1.82, 2.24) is 5.32 Å². The van der Waals surface area contributed by atoms with Crippen molar-refractivity contribution < 1.29 is 14.1 Å². The van der Waals surface area contributed by atoms with Crippen LogP contribution in [0.15, 0.2) is 33.6 Å². The smallest absolute Gasteiger partial charge is 0.288 e. The second-order valence-electron chi connectivity index (χ2n) is 4.59. The third-order valence-electron chi connectivity index (χ3n) is 3.04. The van der Waals surface area contributed by atoms with Crippen molar-refractivity contribution in [1.29, 1.82) is 0 Å². The Labute approximate surface area is 154 Å². The van der Waals surface area contributed by atoms with Gasteiger partial charge >= 0.3 is 0 Å². The Morgan fingerprint density at radius 2 is 2.04 bits per heavy atom. The third-order valence-corrected chi connectivity index (χ3v) is 4.82.